The number of ether oxygens (including phenoxy) is 1. The van der Waals surface area contributed by atoms with Crippen LogP contribution in [0.25, 0.3) is 0 Å². The molecule has 0 aromatic rings. The van der Waals surface area contributed by atoms with E-state index in [0.717, 1.165) is 32.0 Å². The number of fused-ring (bicyclic) bond motifs is 2. The van der Waals surface area contributed by atoms with Crippen LogP contribution in [0.5, 0.6) is 0 Å². The summed E-state index contributed by atoms with van der Waals surface area (Å²) >= 11 is 0. The topological polar surface area (TPSA) is 29.5 Å². The molecular weight excluding hydrogens is 190 g/mol. The van der Waals surface area contributed by atoms with E-state index in [1.165, 1.54) is 0 Å². The van der Waals surface area contributed by atoms with E-state index in [-0.39, 0.29) is 5.92 Å². The van der Waals surface area contributed by atoms with Crippen molar-refractivity contribution in [2.24, 2.45) is 23.7 Å². The monoisotopic (exact) mass is 211 g/mol. The Hall–Kier alpha value is -0.570. The van der Waals surface area contributed by atoms with Crippen LogP contribution in [-0.4, -0.2) is 38.1 Å². The Kier molecular flexibility index (Phi) is 3.01. The first-order valence-corrected chi connectivity index (χ1v) is 5.88. The lowest BCUT2D eigenvalue weighted by Gasteiger charge is -2.44. The molecule has 1 aliphatic carbocycles. The van der Waals surface area contributed by atoms with Crippen molar-refractivity contribution in [1.82, 2.24) is 4.90 Å². The molecule has 2 bridgehead atoms. The molecular formula is C12H21NO2. The lowest BCUT2D eigenvalue weighted by Crippen LogP contribution is -2.44. The fraction of sp³-hybridized carbons (Fsp3) is 0.917. The minimum Gasteiger partial charge on any atom is -0.381 e. The molecule has 1 saturated heterocycles. The smallest absolute Gasteiger partial charge is 0.225 e. The van der Waals surface area contributed by atoms with Crippen molar-refractivity contribution < 1.29 is 9.53 Å². The third-order valence-corrected chi connectivity index (χ3v) is 4.12. The van der Waals surface area contributed by atoms with Crippen LogP contribution < -0.4 is 0 Å². The third-order valence-electron chi connectivity index (χ3n) is 4.12. The fourth-order valence-electron chi connectivity index (χ4n) is 3.02. The fourth-order valence-corrected chi connectivity index (χ4v) is 3.02. The van der Waals surface area contributed by atoms with Crippen molar-refractivity contribution >= 4 is 5.91 Å². The molecule has 2 unspecified atom stereocenters. The van der Waals surface area contributed by atoms with Gasteiger partial charge in [0, 0.05) is 33.2 Å². The summed E-state index contributed by atoms with van der Waals surface area (Å²) in [6, 6.07) is 0. The molecule has 0 N–H and O–H groups in total. The van der Waals surface area contributed by atoms with Crippen LogP contribution in [0.15, 0.2) is 0 Å². The van der Waals surface area contributed by atoms with E-state index in [9.17, 15) is 4.79 Å². The van der Waals surface area contributed by atoms with Crippen LogP contribution in [0.4, 0.5) is 0 Å². The Morgan fingerprint density at radius 1 is 1.20 bits per heavy atom. The number of carbonyl (C=O) groups excluding carboxylic acids is 1. The lowest BCUT2D eigenvalue weighted by atomic mass is 9.67. The maximum Gasteiger partial charge on any atom is 0.225 e. The molecule has 2 fully saturated rings. The highest BCUT2D eigenvalue weighted by molar-refractivity contribution is 5.78. The van der Waals surface area contributed by atoms with E-state index in [0.29, 0.717) is 17.7 Å². The van der Waals surface area contributed by atoms with Gasteiger partial charge in [-0.1, -0.05) is 6.92 Å². The van der Waals surface area contributed by atoms with Crippen molar-refractivity contribution in [3.8, 4) is 0 Å². The number of rotatable bonds is 1. The Balaban J connectivity index is 2.04. The molecule has 0 aromatic carbocycles. The van der Waals surface area contributed by atoms with Crippen LogP contribution in [0.2, 0.25) is 0 Å². The predicted molar refractivity (Wildman–Crippen MR) is 58.4 cm³/mol. The van der Waals surface area contributed by atoms with Gasteiger partial charge in [-0.25, -0.2) is 0 Å². The van der Waals surface area contributed by atoms with Crippen molar-refractivity contribution in [1.29, 1.82) is 0 Å². The standard InChI is InChI=1S/C12H21NO2/c1-8-10-4-9(12(14)13(2)3)5-11(8)7-15-6-10/h8-11H,4-7H2,1-3H3/t8?,9?,10-,11+. The van der Waals surface area contributed by atoms with E-state index < -0.39 is 0 Å². The molecule has 3 nitrogen and oxygen atoms in total. The van der Waals surface area contributed by atoms with E-state index in [1.54, 1.807) is 4.90 Å². The molecule has 1 aliphatic heterocycles. The number of hydrogen-bond donors (Lipinski definition) is 0. The zero-order chi connectivity index (χ0) is 11.0. The van der Waals surface area contributed by atoms with Crippen LogP contribution in [-0.2, 0) is 9.53 Å². The molecule has 2 aliphatic rings. The largest absolute Gasteiger partial charge is 0.381 e. The molecule has 15 heavy (non-hydrogen) atoms. The molecule has 0 radical (unpaired) electrons. The number of hydrogen-bond acceptors (Lipinski definition) is 2. The van der Waals surface area contributed by atoms with E-state index in [2.05, 4.69) is 6.92 Å². The van der Waals surface area contributed by atoms with Gasteiger partial charge >= 0.3 is 0 Å². The first-order chi connectivity index (χ1) is 7.09. The maximum absolute atomic E-state index is 11.9. The summed E-state index contributed by atoms with van der Waals surface area (Å²) in [6.45, 7) is 4.03. The van der Waals surface area contributed by atoms with Gasteiger partial charge in [-0.2, -0.15) is 0 Å². The minimum atomic E-state index is 0.245. The Morgan fingerprint density at radius 3 is 2.20 bits per heavy atom. The summed E-state index contributed by atoms with van der Waals surface area (Å²) in [6.07, 6.45) is 2.04. The quantitative estimate of drug-likeness (QED) is 0.656. The summed E-state index contributed by atoms with van der Waals surface area (Å²) in [7, 11) is 3.71. The Bertz CT molecular complexity index is 238. The molecule has 86 valence electrons. The Labute approximate surface area is 91.8 Å². The number of carbonyl (C=O) groups is 1. The van der Waals surface area contributed by atoms with Crippen LogP contribution in [0.3, 0.4) is 0 Å². The summed E-state index contributed by atoms with van der Waals surface area (Å²) in [4.78, 5) is 13.7. The van der Waals surface area contributed by atoms with Crippen molar-refractivity contribution in [3.63, 3.8) is 0 Å². The Morgan fingerprint density at radius 2 is 1.73 bits per heavy atom. The highest BCUT2D eigenvalue weighted by Crippen LogP contribution is 2.41. The van der Waals surface area contributed by atoms with Crippen LogP contribution in [0.1, 0.15) is 19.8 Å². The maximum atomic E-state index is 11.9. The lowest BCUT2D eigenvalue weighted by molar-refractivity contribution is -0.140. The first kappa shape index (κ1) is 10.9. The van der Waals surface area contributed by atoms with Gasteiger partial charge in [0.05, 0.1) is 0 Å². The molecule has 2 rings (SSSR count). The molecule has 4 atom stereocenters. The van der Waals surface area contributed by atoms with Gasteiger partial charge in [-0.3, -0.25) is 4.79 Å². The van der Waals surface area contributed by atoms with Crippen molar-refractivity contribution in [2.45, 2.75) is 19.8 Å². The highest BCUT2D eigenvalue weighted by atomic mass is 16.5. The van der Waals surface area contributed by atoms with Gasteiger partial charge in [0.1, 0.15) is 0 Å². The van der Waals surface area contributed by atoms with Gasteiger partial charge in [0.15, 0.2) is 0 Å². The summed E-state index contributed by atoms with van der Waals surface area (Å²) < 4.78 is 5.57. The molecule has 3 heteroatoms. The summed E-state index contributed by atoms with van der Waals surface area (Å²) in [5, 5.41) is 0. The third kappa shape index (κ3) is 2.03. The average Bonchev–Trinajstić information content (AvgIpc) is 2.16. The van der Waals surface area contributed by atoms with Gasteiger partial charge in [0.25, 0.3) is 0 Å². The van der Waals surface area contributed by atoms with Gasteiger partial charge in [0.2, 0.25) is 5.91 Å². The number of nitrogens with zero attached hydrogens (tertiary/aromatic N) is 1. The minimum absolute atomic E-state index is 0.245. The highest BCUT2D eigenvalue weighted by Gasteiger charge is 2.41. The molecule has 0 aromatic heterocycles. The molecule has 1 saturated carbocycles. The summed E-state index contributed by atoms with van der Waals surface area (Å²) in [5.74, 6) is 2.50. The molecule has 1 amide bonds. The van der Waals surface area contributed by atoms with Gasteiger partial charge in [-0.05, 0) is 30.6 Å². The van der Waals surface area contributed by atoms with E-state index in [1.807, 2.05) is 14.1 Å². The second-order valence-corrected chi connectivity index (χ2v) is 5.32. The first-order valence-electron chi connectivity index (χ1n) is 5.88. The predicted octanol–water partition coefficient (Wildman–Crippen LogP) is 1.38. The zero-order valence-electron chi connectivity index (χ0n) is 9.90. The normalized spacial score (nSPS) is 39.9. The SMILES string of the molecule is CC1[C@@H]2COC[C@H]1CC(C(=O)N(C)C)C2. The van der Waals surface area contributed by atoms with E-state index >= 15 is 0 Å². The summed E-state index contributed by atoms with van der Waals surface area (Å²) in [5.41, 5.74) is 0. The van der Waals surface area contributed by atoms with Crippen LogP contribution in [0, 0.1) is 23.7 Å². The second kappa shape index (κ2) is 4.12. The van der Waals surface area contributed by atoms with E-state index in [4.69, 9.17) is 4.74 Å². The average molecular weight is 211 g/mol. The number of amides is 1. The second-order valence-electron chi connectivity index (χ2n) is 5.32. The molecule has 0 spiro atoms. The zero-order valence-corrected chi connectivity index (χ0v) is 9.90. The van der Waals surface area contributed by atoms with Gasteiger partial charge in [-0.15, -0.1) is 0 Å². The van der Waals surface area contributed by atoms with Crippen LogP contribution >= 0.6 is 0 Å². The molecule has 1 heterocycles. The van der Waals surface area contributed by atoms with Crippen molar-refractivity contribution in [2.75, 3.05) is 27.3 Å². The van der Waals surface area contributed by atoms with Crippen molar-refractivity contribution in [3.05, 3.63) is 0 Å². The van der Waals surface area contributed by atoms with Gasteiger partial charge < -0.3 is 9.64 Å².